The topological polar surface area (TPSA) is 111 Å². The zero-order valence-corrected chi connectivity index (χ0v) is 23.6. The van der Waals surface area contributed by atoms with Gasteiger partial charge in [-0.2, -0.15) is 0 Å². The second kappa shape index (κ2) is 10.9. The maximum Gasteiger partial charge on any atom is 0.573 e. The largest absolute Gasteiger partial charge is 0.573 e. The highest BCUT2D eigenvalue weighted by atomic mass is 32.1. The van der Waals surface area contributed by atoms with Gasteiger partial charge in [-0.3, -0.25) is 0 Å². The van der Waals surface area contributed by atoms with Crippen LogP contribution < -0.4 is 9.64 Å². The van der Waals surface area contributed by atoms with Crippen LogP contribution in [0.15, 0.2) is 52.5 Å². The van der Waals surface area contributed by atoms with E-state index in [0.29, 0.717) is 17.0 Å². The smallest absolute Gasteiger partial charge is 0.477 e. The summed E-state index contributed by atoms with van der Waals surface area (Å²) in [4.78, 5) is 22.4. The third kappa shape index (κ3) is 5.70. The fraction of sp³-hybridized carbons (Fsp3) is 0.400. The molecule has 9 nitrogen and oxygen atoms in total. The first-order valence-electron chi connectivity index (χ1n) is 14.1. The molecule has 2 unspecified atom stereocenters. The monoisotopic (exact) mass is 612 g/mol. The van der Waals surface area contributed by atoms with Gasteiger partial charge in [-0.1, -0.05) is 17.3 Å². The average Bonchev–Trinajstić information content (AvgIpc) is 3.44. The number of thiazole rings is 1. The summed E-state index contributed by atoms with van der Waals surface area (Å²) in [6, 6.07) is 9.65. The molecule has 13 heteroatoms. The summed E-state index contributed by atoms with van der Waals surface area (Å²) in [5.74, 6) is -0.521. The molecule has 0 amide bonds. The fourth-order valence-corrected chi connectivity index (χ4v) is 7.16. The van der Waals surface area contributed by atoms with Crippen molar-refractivity contribution < 1.29 is 37.1 Å². The second-order valence-electron chi connectivity index (χ2n) is 11.1. The molecule has 1 saturated carbocycles. The van der Waals surface area contributed by atoms with Crippen LogP contribution in [0.25, 0.3) is 22.5 Å². The van der Waals surface area contributed by atoms with Gasteiger partial charge in [0, 0.05) is 46.3 Å². The third-order valence-corrected chi connectivity index (χ3v) is 9.13. The number of aromatic carboxylic acids is 1. The van der Waals surface area contributed by atoms with Crippen molar-refractivity contribution >= 4 is 22.4 Å². The zero-order valence-electron chi connectivity index (χ0n) is 22.8. The van der Waals surface area contributed by atoms with E-state index in [4.69, 9.17) is 19.4 Å². The summed E-state index contributed by atoms with van der Waals surface area (Å²) < 4.78 is 55.8. The molecule has 1 aliphatic carbocycles. The number of para-hydroxylation sites is 1. The molecular formula is C30H27F3N4O5S. The zero-order chi connectivity index (χ0) is 29.7. The number of fused-ring (bicyclic) bond motifs is 2. The van der Waals surface area contributed by atoms with E-state index >= 15 is 0 Å². The maximum absolute atomic E-state index is 13.1. The normalized spacial score (nSPS) is 21.7. The summed E-state index contributed by atoms with van der Waals surface area (Å²) in [5.41, 5.74) is 2.73. The van der Waals surface area contributed by atoms with Gasteiger partial charge >= 0.3 is 12.3 Å². The minimum Gasteiger partial charge on any atom is -0.477 e. The van der Waals surface area contributed by atoms with Crippen molar-refractivity contribution in [3.05, 3.63) is 65.0 Å². The first kappa shape index (κ1) is 27.8. The number of ether oxygens (including phenoxy) is 2. The number of hydrogen-bond acceptors (Lipinski definition) is 9. The number of nitrogens with zero attached hydrogens (tertiary/aromatic N) is 4. The lowest BCUT2D eigenvalue weighted by Gasteiger charge is -2.38. The Hall–Kier alpha value is -3.97. The van der Waals surface area contributed by atoms with Gasteiger partial charge in [0.15, 0.2) is 5.13 Å². The summed E-state index contributed by atoms with van der Waals surface area (Å²) in [5, 5.41) is 16.2. The summed E-state index contributed by atoms with van der Waals surface area (Å²) in [7, 11) is 0. The van der Waals surface area contributed by atoms with Crippen molar-refractivity contribution in [2.24, 2.45) is 0 Å². The van der Waals surface area contributed by atoms with Crippen LogP contribution in [0.3, 0.4) is 0 Å². The summed E-state index contributed by atoms with van der Waals surface area (Å²) >= 11 is 1.56. The lowest BCUT2D eigenvalue weighted by Crippen LogP contribution is -2.45. The first-order valence-corrected chi connectivity index (χ1v) is 15.0. The van der Waals surface area contributed by atoms with Gasteiger partial charge < -0.3 is 24.0 Å². The van der Waals surface area contributed by atoms with E-state index in [9.17, 15) is 18.0 Å². The highest BCUT2D eigenvalue weighted by Crippen LogP contribution is 2.47. The average molecular weight is 613 g/mol. The van der Waals surface area contributed by atoms with Gasteiger partial charge in [-0.15, -0.1) is 24.5 Å². The highest BCUT2D eigenvalue weighted by molar-refractivity contribution is 7.14. The van der Waals surface area contributed by atoms with Crippen molar-refractivity contribution in [1.29, 1.82) is 0 Å². The fourth-order valence-electron chi connectivity index (χ4n) is 6.18. The number of carboxylic acid groups (broad SMARTS) is 1. The van der Waals surface area contributed by atoms with Crippen LogP contribution in [-0.4, -0.2) is 50.8 Å². The molecule has 1 aromatic carbocycles. The molecule has 2 aliphatic heterocycles. The van der Waals surface area contributed by atoms with E-state index in [1.165, 1.54) is 24.4 Å². The van der Waals surface area contributed by atoms with Crippen LogP contribution in [0.2, 0.25) is 0 Å². The predicted molar refractivity (Wildman–Crippen MR) is 150 cm³/mol. The first-order chi connectivity index (χ1) is 20.7. The molecule has 3 aromatic heterocycles. The van der Waals surface area contributed by atoms with Crippen molar-refractivity contribution in [2.45, 2.75) is 75.6 Å². The van der Waals surface area contributed by atoms with Crippen LogP contribution in [0.4, 0.5) is 18.3 Å². The SMILES string of the molecule is O=C(O)c1ccc(-c2csc(N3C4CCC3CC(OCc3c(-c5ccccc5OC(F)(F)F)noc3C3CC3)C4)n2)cn1. The summed E-state index contributed by atoms with van der Waals surface area (Å²) in [6.45, 7) is 0.190. The Labute approximate surface area is 248 Å². The van der Waals surface area contributed by atoms with Gasteiger partial charge in [0.1, 0.15) is 22.9 Å². The summed E-state index contributed by atoms with van der Waals surface area (Å²) in [6.07, 6.45) is 2.19. The number of anilines is 1. The van der Waals surface area contributed by atoms with Gasteiger partial charge in [0.05, 0.1) is 18.4 Å². The van der Waals surface area contributed by atoms with E-state index in [1.807, 2.05) is 5.38 Å². The molecule has 3 aliphatic rings. The number of hydrogen-bond donors (Lipinski definition) is 1. The molecule has 224 valence electrons. The quantitative estimate of drug-likeness (QED) is 0.213. The molecule has 2 bridgehead atoms. The Balaban J connectivity index is 1.06. The van der Waals surface area contributed by atoms with E-state index < -0.39 is 12.3 Å². The number of benzene rings is 1. The minimum absolute atomic E-state index is 0.0132. The Kier molecular flexibility index (Phi) is 7.08. The molecule has 7 rings (SSSR count). The van der Waals surface area contributed by atoms with Crippen LogP contribution in [0, 0.1) is 0 Å². The molecule has 43 heavy (non-hydrogen) atoms. The van der Waals surface area contributed by atoms with Crippen LogP contribution in [-0.2, 0) is 11.3 Å². The predicted octanol–water partition coefficient (Wildman–Crippen LogP) is 7.05. The van der Waals surface area contributed by atoms with E-state index in [0.717, 1.165) is 54.9 Å². The Morgan fingerprint density at radius 2 is 1.86 bits per heavy atom. The lowest BCUT2D eigenvalue weighted by atomic mass is 10.00. The number of rotatable bonds is 9. The molecular weight excluding hydrogens is 585 g/mol. The van der Waals surface area contributed by atoms with Crippen LogP contribution in [0.5, 0.6) is 5.75 Å². The van der Waals surface area contributed by atoms with E-state index in [-0.39, 0.29) is 47.7 Å². The van der Waals surface area contributed by atoms with Crippen LogP contribution >= 0.6 is 11.3 Å². The van der Waals surface area contributed by atoms with Gasteiger partial charge in [0.2, 0.25) is 0 Å². The number of piperidine rings is 1. The number of carboxylic acids is 1. The Morgan fingerprint density at radius 3 is 2.53 bits per heavy atom. The Morgan fingerprint density at radius 1 is 1.09 bits per heavy atom. The second-order valence-corrected chi connectivity index (χ2v) is 12.0. The van der Waals surface area contributed by atoms with E-state index in [2.05, 4.69) is 19.8 Å². The van der Waals surface area contributed by atoms with Gasteiger partial charge in [-0.05, 0) is 62.8 Å². The van der Waals surface area contributed by atoms with Crippen molar-refractivity contribution in [3.63, 3.8) is 0 Å². The number of alkyl halides is 3. The van der Waals surface area contributed by atoms with Gasteiger partial charge in [0.25, 0.3) is 0 Å². The number of halogens is 3. The maximum atomic E-state index is 13.1. The van der Waals surface area contributed by atoms with Crippen molar-refractivity contribution in [2.75, 3.05) is 4.90 Å². The molecule has 2 saturated heterocycles. The molecule has 0 radical (unpaired) electrons. The van der Waals surface area contributed by atoms with Crippen molar-refractivity contribution in [3.8, 4) is 28.3 Å². The molecule has 1 N–H and O–H groups in total. The molecule has 0 spiro atoms. The lowest BCUT2D eigenvalue weighted by molar-refractivity contribution is -0.274. The van der Waals surface area contributed by atoms with E-state index in [1.54, 1.807) is 29.5 Å². The standard InChI is InChI=1S/C30H27F3N4O5S/c31-30(32,33)41-25-4-2-1-3-21(25)26-22(27(42-36-26)16-5-6-16)14-40-20-11-18-8-9-19(12-20)37(18)29-35-24(15-43-29)17-7-10-23(28(38)39)34-13-17/h1-4,7,10,13,15-16,18-20H,5-6,8-9,11-12,14H2,(H,38,39). The van der Waals surface area contributed by atoms with Crippen LogP contribution in [0.1, 0.15) is 66.3 Å². The molecule has 3 fully saturated rings. The molecule has 5 heterocycles. The minimum atomic E-state index is -4.83. The molecule has 4 aromatic rings. The number of aromatic nitrogens is 3. The number of pyridine rings is 1. The Bertz CT molecular complexity index is 1620. The third-order valence-electron chi connectivity index (χ3n) is 8.28. The number of carbonyl (C=O) groups is 1. The highest BCUT2D eigenvalue weighted by Gasteiger charge is 2.43. The van der Waals surface area contributed by atoms with Gasteiger partial charge in [-0.25, -0.2) is 14.8 Å². The molecule has 2 atom stereocenters. The van der Waals surface area contributed by atoms with Crippen molar-refractivity contribution in [1.82, 2.24) is 15.1 Å².